The van der Waals surface area contributed by atoms with Gasteiger partial charge < -0.3 is 4.74 Å². The van der Waals surface area contributed by atoms with E-state index in [1.54, 1.807) is 30.3 Å². The molecule has 0 aliphatic rings. The molecular weight excluding hydrogens is 406 g/mol. The van der Waals surface area contributed by atoms with Crippen molar-refractivity contribution in [3.05, 3.63) is 99.4 Å². The average molecular weight is 424 g/mol. The highest BCUT2D eigenvalue weighted by molar-refractivity contribution is 7.95. The quantitative estimate of drug-likeness (QED) is 0.486. The van der Waals surface area contributed by atoms with Gasteiger partial charge in [-0.15, -0.1) is 0 Å². The summed E-state index contributed by atoms with van der Waals surface area (Å²) in [7, 11) is -3.94. The molecular formula is C23H18ClNO3S. The van der Waals surface area contributed by atoms with Crippen molar-refractivity contribution in [3.8, 4) is 11.8 Å². The van der Waals surface area contributed by atoms with E-state index < -0.39 is 9.84 Å². The molecule has 0 saturated carbocycles. The minimum Gasteiger partial charge on any atom is -0.489 e. The Balaban J connectivity index is 1.85. The van der Waals surface area contributed by atoms with E-state index in [1.807, 2.05) is 31.2 Å². The van der Waals surface area contributed by atoms with Gasteiger partial charge in [0.25, 0.3) is 0 Å². The van der Waals surface area contributed by atoms with Crippen LogP contribution in [0, 0.1) is 18.3 Å². The topological polar surface area (TPSA) is 67.2 Å². The monoisotopic (exact) mass is 423 g/mol. The highest BCUT2D eigenvalue weighted by Crippen LogP contribution is 2.24. The number of benzene rings is 3. The van der Waals surface area contributed by atoms with E-state index in [-0.39, 0.29) is 9.80 Å². The zero-order valence-electron chi connectivity index (χ0n) is 15.7. The van der Waals surface area contributed by atoms with Crippen molar-refractivity contribution >= 4 is 27.5 Å². The molecule has 29 heavy (non-hydrogen) atoms. The van der Waals surface area contributed by atoms with Crippen LogP contribution in [-0.2, 0) is 16.4 Å². The molecule has 0 aliphatic heterocycles. The first-order valence-electron chi connectivity index (χ1n) is 8.80. The average Bonchev–Trinajstić information content (AvgIpc) is 2.72. The van der Waals surface area contributed by atoms with E-state index in [2.05, 4.69) is 0 Å². The van der Waals surface area contributed by atoms with Crippen LogP contribution in [0.15, 0.2) is 82.6 Å². The maximum atomic E-state index is 12.7. The summed E-state index contributed by atoms with van der Waals surface area (Å²) in [5.41, 5.74) is 2.75. The van der Waals surface area contributed by atoms with Crippen LogP contribution in [0.5, 0.6) is 5.75 Å². The first-order chi connectivity index (χ1) is 13.9. The fraction of sp³-hybridized carbons (Fsp3) is 0.0870. The van der Waals surface area contributed by atoms with E-state index >= 15 is 0 Å². The van der Waals surface area contributed by atoms with E-state index in [0.717, 1.165) is 11.1 Å². The molecule has 0 aliphatic carbocycles. The van der Waals surface area contributed by atoms with E-state index in [1.165, 1.54) is 30.3 Å². The van der Waals surface area contributed by atoms with Crippen molar-refractivity contribution in [2.24, 2.45) is 0 Å². The maximum Gasteiger partial charge on any atom is 0.216 e. The Labute approximate surface area is 175 Å². The van der Waals surface area contributed by atoms with Crippen LogP contribution in [0.4, 0.5) is 0 Å². The highest BCUT2D eigenvalue weighted by Gasteiger charge is 2.20. The van der Waals surface area contributed by atoms with Crippen LogP contribution in [0.2, 0.25) is 5.02 Å². The molecule has 0 fully saturated rings. The van der Waals surface area contributed by atoms with Crippen LogP contribution in [-0.4, -0.2) is 8.42 Å². The molecule has 0 spiro atoms. The smallest absolute Gasteiger partial charge is 0.216 e. The Morgan fingerprint density at radius 3 is 2.48 bits per heavy atom. The minimum absolute atomic E-state index is 0.0154. The first-order valence-corrected chi connectivity index (χ1v) is 10.7. The lowest BCUT2D eigenvalue weighted by atomic mass is 10.1. The summed E-state index contributed by atoms with van der Waals surface area (Å²) < 4.78 is 31.3. The Morgan fingerprint density at radius 1 is 1.07 bits per heavy atom. The van der Waals surface area contributed by atoms with Gasteiger partial charge in [-0.2, -0.15) is 5.26 Å². The fourth-order valence-corrected chi connectivity index (χ4v) is 3.97. The Morgan fingerprint density at radius 2 is 1.79 bits per heavy atom. The molecule has 0 atom stereocenters. The number of halogens is 1. The van der Waals surface area contributed by atoms with Crippen molar-refractivity contribution < 1.29 is 13.2 Å². The third-order valence-corrected chi connectivity index (χ3v) is 6.27. The number of ether oxygens (including phenoxy) is 1. The van der Waals surface area contributed by atoms with Gasteiger partial charge in [-0.3, -0.25) is 0 Å². The van der Waals surface area contributed by atoms with Crippen LogP contribution in [0.1, 0.15) is 16.7 Å². The van der Waals surface area contributed by atoms with Crippen molar-refractivity contribution in [1.82, 2.24) is 0 Å². The molecule has 0 saturated heterocycles. The third-order valence-electron chi connectivity index (χ3n) is 4.34. The second-order valence-corrected chi connectivity index (χ2v) is 8.72. The van der Waals surface area contributed by atoms with Gasteiger partial charge in [-0.05, 0) is 66.1 Å². The lowest BCUT2D eigenvalue weighted by molar-refractivity contribution is 0.305. The fourth-order valence-electron chi connectivity index (χ4n) is 2.69. The van der Waals surface area contributed by atoms with Gasteiger partial charge in [0.15, 0.2) is 0 Å². The predicted octanol–water partition coefficient (Wildman–Crippen LogP) is 5.57. The van der Waals surface area contributed by atoms with Crippen molar-refractivity contribution in [2.45, 2.75) is 18.4 Å². The summed E-state index contributed by atoms with van der Waals surface area (Å²) in [4.78, 5) is -0.336. The van der Waals surface area contributed by atoms with Crippen LogP contribution in [0.3, 0.4) is 0 Å². The lowest BCUT2D eigenvalue weighted by Crippen LogP contribution is -2.03. The molecule has 0 heterocycles. The summed E-state index contributed by atoms with van der Waals surface area (Å²) in [6.45, 7) is 2.41. The Hall–Kier alpha value is -3.07. The number of rotatable bonds is 6. The van der Waals surface area contributed by atoms with Gasteiger partial charge in [-0.1, -0.05) is 48.0 Å². The zero-order chi connectivity index (χ0) is 20.9. The molecule has 3 aromatic carbocycles. The number of allylic oxidation sites excluding steroid dienone is 1. The van der Waals surface area contributed by atoms with Gasteiger partial charge >= 0.3 is 0 Å². The second kappa shape index (κ2) is 8.95. The lowest BCUT2D eigenvalue weighted by Gasteiger charge is -2.09. The van der Waals surface area contributed by atoms with Crippen molar-refractivity contribution in [2.75, 3.05) is 0 Å². The molecule has 0 radical (unpaired) electrons. The summed E-state index contributed by atoms with van der Waals surface area (Å²) >= 11 is 5.82. The number of nitrogens with zero attached hydrogens (tertiary/aromatic N) is 1. The molecule has 0 amide bonds. The highest BCUT2D eigenvalue weighted by atomic mass is 35.5. The molecule has 146 valence electrons. The number of hydrogen-bond acceptors (Lipinski definition) is 4. The van der Waals surface area contributed by atoms with E-state index in [0.29, 0.717) is 22.9 Å². The van der Waals surface area contributed by atoms with Crippen LogP contribution in [0.25, 0.3) is 6.08 Å². The minimum atomic E-state index is -3.94. The maximum absolute atomic E-state index is 12.7. The SMILES string of the molecule is Cc1ccccc1COc1cccc(C=C(C#N)S(=O)(=O)c2ccc(Cl)cc2)c1. The Kier molecular flexibility index (Phi) is 6.38. The summed E-state index contributed by atoms with van der Waals surface area (Å²) in [5, 5.41) is 9.86. The molecule has 4 nitrogen and oxygen atoms in total. The molecule has 0 N–H and O–H groups in total. The molecule has 0 bridgehead atoms. The van der Waals surface area contributed by atoms with Crippen LogP contribution < -0.4 is 4.74 Å². The largest absolute Gasteiger partial charge is 0.489 e. The molecule has 6 heteroatoms. The van der Waals surface area contributed by atoms with Crippen LogP contribution >= 0.6 is 11.6 Å². The summed E-state index contributed by atoms with van der Waals surface area (Å²) in [5.74, 6) is 0.586. The molecule has 3 rings (SSSR count). The van der Waals surface area contributed by atoms with E-state index in [4.69, 9.17) is 16.3 Å². The van der Waals surface area contributed by atoms with E-state index in [9.17, 15) is 13.7 Å². The predicted molar refractivity (Wildman–Crippen MR) is 114 cm³/mol. The summed E-state index contributed by atoms with van der Waals surface area (Å²) in [6.07, 6.45) is 1.34. The Bertz CT molecular complexity index is 1190. The number of sulfone groups is 1. The molecule has 3 aromatic rings. The van der Waals surface area contributed by atoms with Gasteiger partial charge in [0.1, 0.15) is 23.3 Å². The zero-order valence-corrected chi connectivity index (χ0v) is 17.2. The van der Waals surface area contributed by atoms with Crippen molar-refractivity contribution in [3.63, 3.8) is 0 Å². The number of nitriles is 1. The van der Waals surface area contributed by atoms with Gasteiger partial charge in [0.2, 0.25) is 9.84 Å². The third kappa shape index (κ3) is 5.05. The molecule has 0 unspecified atom stereocenters. The molecule has 0 aromatic heterocycles. The second-order valence-electron chi connectivity index (χ2n) is 6.37. The number of aryl methyl sites for hydroxylation is 1. The van der Waals surface area contributed by atoms with Gasteiger partial charge in [0.05, 0.1) is 4.90 Å². The summed E-state index contributed by atoms with van der Waals surface area (Å²) in [6, 6.07) is 22.4. The first kappa shape index (κ1) is 20.7. The standard InChI is InChI=1S/C23H18ClNO3S/c1-17-5-2-3-7-19(17)16-28-21-8-4-6-18(13-21)14-23(15-25)29(26,27)22-11-9-20(24)10-12-22/h2-14H,16H2,1H3. The number of hydrogen-bond donors (Lipinski definition) is 0. The normalized spacial score (nSPS) is 11.7. The van der Waals surface area contributed by atoms with Gasteiger partial charge in [0, 0.05) is 5.02 Å². The van der Waals surface area contributed by atoms with Crippen molar-refractivity contribution in [1.29, 1.82) is 5.26 Å². The van der Waals surface area contributed by atoms with Gasteiger partial charge in [-0.25, -0.2) is 8.42 Å².